The van der Waals surface area contributed by atoms with Gasteiger partial charge in [-0.15, -0.1) is 0 Å². The van der Waals surface area contributed by atoms with Gasteiger partial charge in [0, 0.05) is 36.6 Å². The van der Waals surface area contributed by atoms with Crippen molar-refractivity contribution in [3.63, 3.8) is 0 Å². The molecule has 1 saturated heterocycles. The number of hydrogen-bond donors (Lipinski definition) is 4. The highest BCUT2D eigenvalue weighted by Gasteiger charge is 2.27. The number of rotatable bonds is 6. The molecule has 2 amide bonds. The van der Waals surface area contributed by atoms with Crippen LogP contribution in [0.4, 0.5) is 5.69 Å². The van der Waals surface area contributed by atoms with Gasteiger partial charge in [0.2, 0.25) is 11.8 Å². The third kappa shape index (κ3) is 5.34. The highest BCUT2D eigenvalue weighted by Crippen LogP contribution is 2.23. The fourth-order valence-corrected chi connectivity index (χ4v) is 3.81. The van der Waals surface area contributed by atoms with Crippen LogP contribution in [-0.2, 0) is 9.59 Å². The minimum atomic E-state index is -0.756. The van der Waals surface area contributed by atoms with Gasteiger partial charge < -0.3 is 25.4 Å². The maximum Gasteiger partial charge on any atom is 0.229 e. The zero-order valence-electron chi connectivity index (χ0n) is 18.7. The van der Waals surface area contributed by atoms with Crippen LogP contribution in [-0.4, -0.2) is 44.7 Å². The topological polar surface area (TPSA) is 116 Å². The molecule has 0 spiro atoms. The number of anilines is 1. The number of aliphatic hydroxyl groups is 2. The third-order valence-electron chi connectivity index (χ3n) is 5.68. The molecule has 34 heavy (non-hydrogen) atoms. The Labute approximate surface area is 197 Å². The summed E-state index contributed by atoms with van der Waals surface area (Å²) in [7, 11) is 0. The van der Waals surface area contributed by atoms with Crippen molar-refractivity contribution in [3.8, 4) is 23.0 Å². The molecule has 1 aromatic heterocycles. The first-order valence-electron chi connectivity index (χ1n) is 11.1. The molecule has 8 heteroatoms. The predicted octanol–water partition coefficient (Wildman–Crippen LogP) is 2.26. The standard InChI is InChI=1S/C26H26N4O4/c1-17(32)25-27-12-13-30(25)23(16-31)11-4-18-2-5-19(6-3-18)20-7-9-22(10-8-20)29-26(34)21-14-24(33)28-15-21/h2-3,5-10,12-13,17,21,23,31-32H,14-16H2,1H3,(H,28,33)(H,29,34)/t17-,21+,23-/m0/s1. The minimum absolute atomic E-state index is 0.0956. The van der Waals surface area contributed by atoms with Crippen molar-refractivity contribution in [1.29, 1.82) is 0 Å². The van der Waals surface area contributed by atoms with E-state index in [1.54, 1.807) is 23.9 Å². The smallest absolute Gasteiger partial charge is 0.229 e. The second-order valence-corrected chi connectivity index (χ2v) is 8.19. The fourth-order valence-electron chi connectivity index (χ4n) is 3.81. The second kappa shape index (κ2) is 10.3. The summed E-state index contributed by atoms with van der Waals surface area (Å²) in [6, 6.07) is 14.7. The van der Waals surface area contributed by atoms with E-state index >= 15 is 0 Å². The van der Waals surface area contributed by atoms with Crippen molar-refractivity contribution in [3.05, 3.63) is 72.3 Å². The van der Waals surface area contributed by atoms with Crippen LogP contribution in [0.1, 0.15) is 36.9 Å². The van der Waals surface area contributed by atoms with Crippen LogP contribution in [0.5, 0.6) is 0 Å². The number of aromatic nitrogens is 2. The molecule has 0 bridgehead atoms. The van der Waals surface area contributed by atoms with Crippen LogP contribution < -0.4 is 10.6 Å². The van der Waals surface area contributed by atoms with Gasteiger partial charge >= 0.3 is 0 Å². The summed E-state index contributed by atoms with van der Waals surface area (Å²) >= 11 is 0. The van der Waals surface area contributed by atoms with Crippen LogP contribution in [0.15, 0.2) is 60.9 Å². The number of benzene rings is 2. The molecule has 1 aliphatic rings. The van der Waals surface area contributed by atoms with Gasteiger partial charge in [0.25, 0.3) is 0 Å². The number of amides is 2. The number of nitrogens with one attached hydrogen (secondary N) is 2. The Morgan fingerprint density at radius 2 is 1.88 bits per heavy atom. The molecule has 1 fully saturated rings. The number of hydrogen-bond acceptors (Lipinski definition) is 5. The van der Waals surface area contributed by atoms with Gasteiger partial charge in [-0.2, -0.15) is 0 Å². The van der Waals surface area contributed by atoms with Gasteiger partial charge in [-0.25, -0.2) is 4.98 Å². The van der Waals surface area contributed by atoms with Crippen molar-refractivity contribution in [2.45, 2.75) is 25.5 Å². The Balaban J connectivity index is 1.41. The first kappa shape index (κ1) is 23.2. The largest absolute Gasteiger partial charge is 0.393 e. The second-order valence-electron chi connectivity index (χ2n) is 8.19. The molecule has 3 aromatic rings. The molecular weight excluding hydrogens is 432 g/mol. The summed E-state index contributed by atoms with van der Waals surface area (Å²) in [5, 5.41) is 25.1. The van der Waals surface area contributed by atoms with Gasteiger partial charge in [0.05, 0.1) is 12.5 Å². The Morgan fingerprint density at radius 3 is 2.47 bits per heavy atom. The lowest BCUT2D eigenvalue weighted by Crippen LogP contribution is -2.24. The third-order valence-corrected chi connectivity index (χ3v) is 5.68. The lowest BCUT2D eigenvalue weighted by atomic mass is 10.0. The molecule has 8 nitrogen and oxygen atoms in total. The summed E-state index contributed by atoms with van der Waals surface area (Å²) < 4.78 is 1.67. The molecule has 0 aliphatic carbocycles. The van der Waals surface area contributed by atoms with Crippen LogP contribution in [0, 0.1) is 17.8 Å². The van der Waals surface area contributed by atoms with Crippen molar-refractivity contribution >= 4 is 17.5 Å². The maximum absolute atomic E-state index is 12.3. The zero-order valence-corrected chi connectivity index (χ0v) is 18.7. The van der Waals surface area contributed by atoms with Gasteiger partial charge in [0.1, 0.15) is 18.0 Å². The molecule has 0 saturated carbocycles. The van der Waals surface area contributed by atoms with Gasteiger partial charge in [-0.05, 0) is 42.3 Å². The molecule has 0 radical (unpaired) electrons. The van der Waals surface area contributed by atoms with Crippen LogP contribution >= 0.6 is 0 Å². The SMILES string of the molecule is C[C@H](O)c1nccn1[C@@H](C#Cc1ccc(-c2ccc(NC(=O)[C@H]3CNC(=O)C3)cc2)cc1)CO. The summed E-state index contributed by atoms with van der Waals surface area (Å²) in [4.78, 5) is 27.7. The van der Waals surface area contributed by atoms with Crippen LogP contribution in [0.25, 0.3) is 11.1 Å². The Hall–Kier alpha value is -3.93. The van der Waals surface area contributed by atoms with E-state index in [2.05, 4.69) is 27.5 Å². The molecule has 3 atom stereocenters. The monoisotopic (exact) mass is 458 g/mol. The van der Waals surface area contributed by atoms with Gasteiger partial charge in [-0.1, -0.05) is 36.1 Å². The van der Waals surface area contributed by atoms with Crippen LogP contribution in [0.3, 0.4) is 0 Å². The van der Waals surface area contributed by atoms with E-state index in [-0.39, 0.29) is 30.8 Å². The fraction of sp³-hybridized carbons (Fsp3) is 0.269. The Bertz CT molecular complexity index is 1220. The Kier molecular flexibility index (Phi) is 7.07. The first-order valence-corrected chi connectivity index (χ1v) is 11.1. The predicted molar refractivity (Wildman–Crippen MR) is 127 cm³/mol. The van der Waals surface area contributed by atoms with Crippen molar-refractivity contribution in [1.82, 2.24) is 14.9 Å². The molecule has 174 valence electrons. The summed E-state index contributed by atoms with van der Waals surface area (Å²) in [6.45, 7) is 1.80. The van der Waals surface area contributed by atoms with E-state index in [0.29, 0.717) is 18.1 Å². The molecular formula is C26H26N4O4. The van der Waals surface area contributed by atoms with E-state index in [1.165, 1.54) is 0 Å². The zero-order chi connectivity index (χ0) is 24.1. The lowest BCUT2D eigenvalue weighted by molar-refractivity contribution is -0.123. The lowest BCUT2D eigenvalue weighted by Gasteiger charge is -2.14. The van der Waals surface area contributed by atoms with E-state index < -0.39 is 12.1 Å². The molecule has 0 unspecified atom stereocenters. The van der Waals surface area contributed by atoms with Crippen molar-refractivity contribution < 1.29 is 19.8 Å². The van der Waals surface area contributed by atoms with Gasteiger partial charge in [-0.3, -0.25) is 9.59 Å². The maximum atomic E-state index is 12.3. The number of carbonyl (C=O) groups is 2. The normalized spacial score (nSPS) is 16.8. The number of carbonyl (C=O) groups excluding carboxylic acids is 2. The molecule has 1 aliphatic heterocycles. The number of aliphatic hydroxyl groups excluding tert-OH is 2. The first-order chi connectivity index (χ1) is 16.4. The molecule has 4 N–H and O–H groups in total. The quantitative estimate of drug-likeness (QED) is 0.423. The molecule has 4 rings (SSSR count). The van der Waals surface area contributed by atoms with E-state index in [0.717, 1.165) is 16.7 Å². The molecule has 2 heterocycles. The number of nitrogens with zero attached hydrogens (tertiary/aromatic N) is 2. The van der Waals surface area contributed by atoms with Crippen molar-refractivity contribution in [2.75, 3.05) is 18.5 Å². The van der Waals surface area contributed by atoms with Gasteiger partial charge in [0.15, 0.2) is 0 Å². The summed E-state index contributed by atoms with van der Waals surface area (Å²) in [5.74, 6) is 5.98. The highest BCUT2D eigenvalue weighted by molar-refractivity contribution is 5.97. The number of imidazole rings is 1. The average molecular weight is 459 g/mol. The highest BCUT2D eigenvalue weighted by atomic mass is 16.3. The van der Waals surface area contributed by atoms with Crippen molar-refractivity contribution in [2.24, 2.45) is 5.92 Å². The Morgan fingerprint density at radius 1 is 1.21 bits per heavy atom. The van der Waals surface area contributed by atoms with E-state index in [9.17, 15) is 19.8 Å². The minimum Gasteiger partial charge on any atom is -0.393 e. The average Bonchev–Trinajstić information content (AvgIpc) is 3.50. The van der Waals surface area contributed by atoms with E-state index in [4.69, 9.17) is 0 Å². The van der Waals surface area contributed by atoms with E-state index in [1.807, 2.05) is 48.5 Å². The summed E-state index contributed by atoms with van der Waals surface area (Å²) in [5.41, 5.74) is 3.47. The van der Waals surface area contributed by atoms with Crippen LogP contribution in [0.2, 0.25) is 0 Å². The molecule has 2 aromatic carbocycles. The summed E-state index contributed by atoms with van der Waals surface area (Å²) in [6.07, 6.45) is 2.73.